The minimum atomic E-state index is -0.591. The molecule has 1 atom stereocenters. The van der Waals surface area contributed by atoms with Gasteiger partial charge in [-0.15, -0.1) is 0 Å². The SMILES string of the molecule is CCCCC(=O)N[C@@H](Cc1ccccc1)C(=O)NCc1ccco1. The van der Waals surface area contributed by atoms with Gasteiger partial charge < -0.3 is 15.1 Å². The van der Waals surface area contributed by atoms with E-state index >= 15 is 0 Å². The predicted molar refractivity (Wildman–Crippen MR) is 92.2 cm³/mol. The normalized spacial score (nSPS) is 11.7. The van der Waals surface area contributed by atoms with Gasteiger partial charge in [0.25, 0.3) is 0 Å². The van der Waals surface area contributed by atoms with Crippen LogP contribution in [-0.4, -0.2) is 17.9 Å². The van der Waals surface area contributed by atoms with E-state index in [9.17, 15) is 9.59 Å². The van der Waals surface area contributed by atoms with Gasteiger partial charge in [-0.1, -0.05) is 43.7 Å². The summed E-state index contributed by atoms with van der Waals surface area (Å²) in [5, 5.41) is 5.67. The van der Waals surface area contributed by atoms with E-state index in [2.05, 4.69) is 10.6 Å². The first-order valence-corrected chi connectivity index (χ1v) is 8.32. The fraction of sp³-hybridized carbons (Fsp3) is 0.368. The van der Waals surface area contributed by atoms with Gasteiger partial charge in [0.15, 0.2) is 0 Å². The Hall–Kier alpha value is -2.56. The Morgan fingerprint density at radius 2 is 1.92 bits per heavy atom. The minimum absolute atomic E-state index is 0.0917. The number of amides is 2. The number of unbranched alkanes of at least 4 members (excludes halogenated alkanes) is 1. The van der Waals surface area contributed by atoms with Gasteiger partial charge in [-0.2, -0.15) is 0 Å². The molecule has 1 aromatic heterocycles. The number of hydrogen-bond acceptors (Lipinski definition) is 3. The molecule has 0 aliphatic rings. The first-order valence-electron chi connectivity index (χ1n) is 8.32. The maximum Gasteiger partial charge on any atom is 0.243 e. The van der Waals surface area contributed by atoms with Crippen molar-refractivity contribution in [1.29, 1.82) is 0 Å². The van der Waals surface area contributed by atoms with Crippen LogP contribution < -0.4 is 10.6 Å². The van der Waals surface area contributed by atoms with Crippen LogP contribution in [0, 0.1) is 0 Å². The number of hydrogen-bond donors (Lipinski definition) is 2. The lowest BCUT2D eigenvalue weighted by molar-refractivity contribution is -0.129. The van der Waals surface area contributed by atoms with Crippen molar-refractivity contribution in [2.24, 2.45) is 0 Å². The Morgan fingerprint density at radius 1 is 1.12 bits per heavy atom. The third-order valence-electron chi connectivity index (χ3n) is 3.71. The highest BCUT2D eigenvalue weighted by Gasteiger charge is 2.21. The Balaban J connectivity index is 1.97. The Morgan fingerprint density at radius 3 is 2.58 bits per heavy atom. The molecule has 0 saturated carbocycles. The summed E-state index contributed by atoms with van der Waals surface area (Å²) < 4.78 is 5.21. The molecule has 0 unspecified atom stereocenters. The highest BCUT2D eigenvalue weighted by Crippen LogP contribution is 2.06. The van der Waals surface area contributed by atoms with Crippen molar-refractivity contribution in [3.8, 4) is 0 Å². The van der Waals surface area contributed by atoms with Gasteiger partial charge in [-0.3, -0.25) is 9.59 Å². The van der Waals surface area contributed by atoms with Gasteiger partial charge in [-0.25, -0.2) is 0 Å². The first kappa shape index (κ1) is 17.8. The smallest absolute Gasteiger partial charge is 0.243 e. The molecule has 0 radical (unpaired) electrons. The molecule has 0 spiro atoms. The maximum absolute atomic E-state index is 12.5. The zero-order chi connectivity index (χ0) is 17.2. The van der Waals surface area contributed by atoms with Crippen LogP contribution in [0.3, 0.4) is 0 Å². The molecule has 0 aliphatic carbocycles. The van der Waals surface area contributed by atoms with E-state index in [0.29, 0.717) is 25.1 Å². The van der Waals surface area contributed by atoms with Gasteiger partial charge >= 0.3 is 0 Å². The van der Waals surface area contributed by atoms with E-state index in [4.69, 9.17) is 4.42 Å². The summed E-state index contributed by atoms with van der Waals surface area (Å²) in [5.74, 6) is 0.380. The lowest BCUT2D eigenvalue weighted by Gasteiger charge is -2.18. The molecule has 2 amide bonds. The maximum atomic E-state index is 12.5. The van der Waals surface area contributed by atoms with Crippen LogP contribution in [0.4, 0.5) is 0 Å². The molecule has 5 nitrogen and oxygen atoms in total. The zero-order valence-electron chi connectivity index (χ0n) is 14.0. The predicted octanol–water partition coefficient (Wildman–Crippen LogP) is 2.81. The van der Waals surface area contributed by atoms with Gasteiger partial charge in [0.1, 0.15) is 11.8 Å². The molecule has 0 saturated heterocycles. The topological polar surface area (TPSA) is 71.3 Å². The summed E-state index contributed by atoms with van der Waals surface area (Å²) in [5.41, 5.74) is 1.01. The van der Waals surface area contributed by atoms with Gasteiger partial charge in [0, 0.05) is 12.8 Å². The molecule has 2 N–H and O–H groups in total. The second-order valence-corrected chi connectivity index (χ2v) is 5.71. The second kappa shape index (κ2) is 9.55. The number of carbonyl (C=O) groups excluding carboxylic acids is 2. The Labute approximate surface area is 142 Å². The molecule has 1 heterocycles. The molecule has 2 rings (SSSR count). The molecule has 24 heavy (non-hydrogen) atoms. The summed E-state index contributed by atoms with van der Waals surface area (Å²) in [6, 6.07) is 12.7. The van der Waals surface area contributed by atoms with Crippen molar-refractivity contribution in [2.45, 2.75) is 45.2 Å². The minimum Gasteiger partial charge on any atom is -0.467 e. The molecule has 5 heteroatoms. The van der Waals surface area contributed by atoms with Crippen molar-refractivity contribution in [1.82, 2.24) is 10.6 Å². The third kappa shape index (κ3) is 5.91. The summed E-state index contributed by atoms with van der Waals surface area (Å²) in [7, 11) is 0. The summed E-state index contributed by atoms with van der Waals surface area (Å²) in [6.07, 6.45) is 4.23. The van der Waals surface area contributed by atoms with E-state index in [1.165, 1.54) is 0 Å². The molecule has 0 aliphatic heterocycles. The van der Waals surface area contributed by atoms with Crippen molar-refractivity contribution < 1.29 is 14.0 Å². The van der Waals surface area contributed by atoms with Crippen LogP contribution >= 0.6 is 0 Å². The molecule has 128 valence electrons. The zero-order valence-corrected chi connectivity index (χ0v) is 14.0. The van der Waals surface area contributed by atoms with E-state index in [1.54, 1.807) is 18.4 Å². The molecule has 0 bridgehead atoms. The standard InChI is InChI=1S/C19H24N2O3/c1-2-3-11-18(22)21-17(13-15-8-5-4-6-9-15)19(23)20-14-16-10-7-12-24-16/h4-10,12,17H,2-3,11,13-14H2,1H3,(H,20,23)(H,21,22)/t17-/m0/s1. The number of nitrogens with one attached hydrogen (secondary N) is 2. The van der Waals surface area contributed by atoms with Gasteiger partial charge in [0.2, 0.25) is 11.8 Å². The van der Waals surface area contributed by atoms with E-state index in [-0.39, 0.29) is 11.8 Å². The van der Waals surface area contributed by atoms with Crippen LogP contribution in [0.2, 0.25) is 0 Å². The molecular formula is C19H24N2O3. The summed E-state index contributed by atoms with van der Waals surface area (Å²) in [4.78, 5) is 24.5. The number of furan rings is 1. The average molecular weight is 328 g/mol. The molecule has 2 aromatic rings. The lowest BCUT2D eigenvalue weighted by Crippen LogP contribution is -2.47. The average Bonchev–Trinajstić information content (AvgIpc) is 3.11. The number of benzene rings is 1. The largest absolute Gasteiger partial charge is 0.467 e. The first-order chi connectivity index (χ1) is 11.7. The molecular weight excluding hydrogens is 304 g/mol. The number of rotatable bonds is 9. The van der Waals surface area contributed by atoms with Gasteiger partial charge in [0.05, 0.1) is 12.8 Å². The summed E-state index contributed by atoms with van der Waals surface area (Å²) >= 11 is 0. The van der Waals surface area contributed by atoms with Crippen LogP contribution in [0.15, 0.2) is 53.1 Å². The van der Waals surface area contributed by atoms with Crippen molar-refractivity contribution in [3.05, 3.63) is 60.1 Å². The van der Waals surface area contributed by atoms with Crippen LogP contribution in [0.25, 0.3) is 0 Å². The lowest BCUT2D eigenvalue weighted by atomic mass is 10.0. The highest BCUT2D eigenvalue weighted by molar-refractivity contribution is 5.87. The summed E-state index contributed by atoms with van der Waals surface area (Å²) in [6.45, 7) is 2.34. The fourth-order valence-corrected chi connectivity index (χ4v) is 2.37. The third-order valence-corrected chi connectivity index (χ3v) is 3.71. The monoisotopic (exact) mass is 328 g/mol. The molecule has 1 aromatic carbocycles. The number of carbonyl (C=O) groups is 2. The highest BCUT2D eigenvalue weighted by atomic mass is 16.3. The van der Waals surface area contributed by atoms with Crippen LogP contribution in [-0.2, 0) is 22.6 Å². The fourth-order valence-electron chi connectivity index (χ4n) is 2.37. The van der Waals surface area contributed by atoms with E-state index in [0.717, 1.165) is 18.4 Å². The van der Waals surface area contributed by atoms with E-state index in [1.807, 2.05) is 37.3 Å². The van der Waals surface area contributed by atoms with Crippen LogP contribution in [0.1, 0.15) is 37.5 Å². The Bertz CT molecular complexity index is 623. The van der Waals surface area contributed by atoms with Crippen molar-refractivity contribution in [2.75, 3.05) is 0 Å². The van der Waals surface area contributed by atoms with Gasteiger partial charge in [-0.05, 0) is 24.1 Å². The van der Waals surface area contributed by atoms with Crippen molar-refractivity contribution in [3.63, 3.8) is 0 Å². The van der Waals surface area contributed by atoms with E-state index < -0.39 is 6.04 Å². The van der Waals surface area contributed by atoms with Crippen LogP contribution in [0.5, 0.6) is 0 Å². The molecule has 0 fully saturated rings. The Kier molecular flexibility index (Phi) is 7.08. The van der Waals surface area contributed by atoms with Crippen molar-refractivity contribution >= 4 is 11.8 Å². The second-order valence-electron chi connectivity index (χ2n) is 5.71. The quantitative estimate of drug-likeness (QED) is 0.743.